The lowest BCUT2D eigenvalue weighted by Crippen LogP contribution is -2.38. The van der Waals surface area contributed by atoms with Crippen LogP contribution in [0.3, 0.4) is 0 Å². The zero-order valence-electron chi connectivity index (χ0n) is 8.59. The van der Waals surface area contributed by atoms with Gasteiger partial charge in [0.2, 0.25) is 0 Å². The molecule has 1 saturated heterocycles. The van der Waals surface area contributed by atoms with E-state index in [-0.39, 0.29) is 11.5 Å². The molecule has 12 heavy (non-hydrogen) atoms. The minimum atomic E-state index is 0.184. The van der Waals surface area contributed by atoms with Gasteiger partial charge in [-0.1, -0.05) is 20.8 Å². The second-order valence-corrected chi connectivity index (χ2v) is 4.57. The van der Waals surface area contributed by atoms with Gasteiger partial charge in [-0.3, -0.25) is 0 Å². The number of hydrogen-bond acceptors (Lipinski definition) is 2. The molecule has 1 aliphatic heterocycles. The van der Waals surface area contributed by atoms with Crippen LogP contribution in [-0.2, 0) is 9.47 Å². The van der Waals surface area contributed by atoms with Crippen molar-refractivity contribution in [1.82, 2.24) is 0 Å². The Bertz CT molecular complexity index is 131. The van der Waals surface area contributed by atoms with Crippen LogP contribution in [0.25, 0.3) is 0 Å². The van der Waals surface area contributed by atoms with Crippen LogP contribution in [0.4, 0.5) is 0 Å². The van der Waals surface area contributed by atoms with Gasteiger partial charge in [0.1, 0.15) is 0 Å². The average molecular weight is 172 g/mol. The highest BCUT2D eigenvalue weighted by atomic mass is 16.5. The van der Waals surface area contributed by atoms with Crippen LogP contribution in [0, 0.1) is 5.41 Å². The van der Waals surface area contributed by atoms with E-state index < -0.39 is 0 Å². The lowest BCUT2D eigenvalue weighted by Gasteiger charge is -2.33. The van der Waals surface area contributed by atoms with Crippen molar-refractivity contribution in [1.29, 1.82) is 0 Å². The molecule has 1 heterocycles. The minimum Gasteiger partial charge on any atom is -0.378 e. The third-order valence-corrected chi connectivity index (χ3v) is 2.41. The zero-order chi connectivity index (χ0) is 9.19. The molecule has 1 aliphatic rings. The number of hydrogen-bond donors (Lipinski definition) is 0. The Morgan fingerprint density at radius 2 is 2.08 bits per heavy atom. The molecule has 0 radical (unpaired) electrons. The van der Waals surface area contributed by atoms with Crippen molar-refractivity contribution < 1.29 is 9.47 Å². The van der Waals surface area contributed by atoms with E-state index in [0.717, 1.165) is 13.0 Å². The van der Waals surface area contributed by atoms with Crippen LogP contribution >= 0.6 is 0 Å². The second-order valence-electron chi connectivity index (χ2n) is 4.57. The van der Waals surface area contributed by atoms with Gasteiger partial charge in [0.05, 0.1) is 12.2 Å². The largest absolute Gasteiger partial charge is 0.378 e. The van der Waals surface area contributed by atoms with Crippen LogP contribution in [0.1, 0.15) is 33.6 Å². The van der Waals surface area contributed by atoms with Gasteiger partial charge < -0.3 is 9.47 Å². The Morgan fingerprint density at radius 1 is 1.42 bits per heavy atom. The topological polar surface area (TPSA) is 18.5 Å². The first kappa shape index (κ1) is 10.0. The molecule has 0 bridgehead atoms. The summed E-state index contributed by atoms with van der Waals surface area (Å²) >= 11 is 0. The third kappa shape index (κ3) is 2.20. The smallest absolute Gasteiger partial charge is 0.0880 e. The van der Waals surface area contributed by atoms with Gasteiger partial charge in [0, 0.05) is 13.7 Å². The van der Waals surface area contributed by atoms with Crippen molar-refractivity contribution in [3.05, 3.63) is 0 Å². The first-order valence-electron chi connectivity index (χ1n) is 4.70. The Kier molecular flexibility index (Phi) is 3.13. The summed E-state index contributed by atoms with van der Waals surface area (Å²) in [7, 11) is 1.78. The molecule has 1 rings (SSSR count). The van der Waals surface area contributed by atoms with Gasteiger partial charge in [0.15, 0.2) is 0 Å². The van der Waals surface area contributed by atoms with Gasteiger partial charge >= 0.3 is 0 Å². The summed E-state index contributed by atoms with van der Waals surface area (Å²) in [6.45, 7) is 7.50. The molecule has 1 fully saturated rings. The standard InChI is InChI=1S/C10H20O2/c1-10(2,3)9(11-4)8-6-5-7-12-8/h8-9H,5-7H2,1-4H3. The molecule has 72 valence electrons. The fourth-order valence-electron chi connectivity index (χ4n) is 1.90. The van der Waals surface area contributed by atoms with Crippen molar-refractivity contribution in [2.45, 2.75) is 45.8 Å². The van der Waals surface area contributed by atoms with Crippen molar-refractivity contribution in [3.8, 4) is 0 Å². The average Bonchev–Trinajstić information content (AvgIpc) is 2.38. The fraction of sp³-hybridized carbons (Fsp3) is 1.00. The van der Waals surface area contributed by atoms with E-state index in [4.69, 9.17) is 9.47 Å². The van der Waals surface area contributed by atoms with E-state index >= 15 is 0 Å². The van der Waals surface area contributed by atoms with Crippen molar-refractivity contribution in [2.24, 2.45) is 5.41 Å². The molecule has 0 aliphatic carbocycles. The van der Waals surface area contributed by atoms with Gasteiger partial charge in [-0.25, -0.2) is 0 Å². The summed E-state index contributed by atoms with van der Waals surface area (Å²) in [6.07, 6.45) is 2.88. The molecule has 0 spiro atoms. The van der Waals surface area contributed by atoms with Crippen LogP contribution in [-0.4, -0.2) is 25.9 Å². The number of rotatable bonds is 2. The third-order valence-electron chi connectivity index (χ3n) is 2.41. The van der Waals surface area contributed by atoms with E-state index in [9.17, 15) is 0 Å². The van der Waals surface area contributed by atoms with Crippen LogP contribution in [0.2, 0.25) is 0 Å². The fourth-order valence-corrected chi connectivity index (χ4v) is 1.90. The molecule has 2 heteroatoms. The highest BCUT2D eigenvalue weighted by Gasteiger charge is 2.34. The molecule has 0 saturated carbocycles. The van der Waals surface area contributed by atoms with E-state index in [0.29, 0.717) is 6.10 Å². The van der Waals surface area contributed by atoms with Crippen molar-refractivity contribution in [2.75, 3.05) is 13.7 Å². The normalized spacial score (nSPS) is 27.5. The Balaban J connectivity index is 2.54. The molecule has 0 aromatic carbocycles. The van der Waals surface area contributed by atoms with Gasteiger partial charge in [-0.15, -0.1) is 0 Å². The molecule has 0 amide bonds. The van der Waals surface area contributed by atoms with E-state index in [2.05, 4.69) is 20.8 Å². The highest BCUT2D eigenvalue weighted by Crippen LogP contribution is 2.30. The predicted octanol–water partition coefficient (Wildman–Crippen LogP) is 2.23. The lowest BCUT2D eigenvalue weighted by molar-refractivity contribution is -0.0790. The van der Waals surface area contributed by atoms with Gasteiger partial charge in [-0.2, -0.15) is 0 Å². The monoisotopic (exact) mass is 172 g/mol. The van der Waals surface area contributed by atoms with Crippen LogP contribution < -0.4 is 0 Å². The minimum absolute atomic E-state index is 0.184. The summed E-state index contributed by atoms with van der Waals surface area (Å²) in [4.78, 5) is 0. The maximum Gasteiger partial charge on any atom is 0.0880 e. The quantitative estimate of drug-likeness (QED) is 0.636. The number of methoxy groups -OCH3 is 1. The lowest BCUT2D eigenvalue weighted by atomic mass is 9.85. The Morgan fingerprint density at radius 3 is 2.42 bits per heavy atom. The first-order chi connectivity index (χ1) is 5.55. The van der Waals surface area contributed by atoms with Crippen molar-refractivity contribution >= 4 is 0 Å². The SMILES string of the molecule is COC(C1CCCO1)C(C)(C)C. The molecule has 0 N–H and O–H groups in total. The van der Waals surface area contributed by atoms with Crippen molar-refractivity contribution in [3.63, 3.8) is 0 Å². The molecular weight excluding hydrogens is 152 g/mol. The summed E-state index contributed by atoms with van der Waals surface area (Å²) in [5.74, 6) is 0. The Labute approximate surface area is 75.2 Å². The molecule has 0 aromatic heterocycles. The van der Waals surface area contributed by atoms with Gasteiger partial charge in [0.25, 0.3) is 0 Å². The molecule has 2 unspecified atom stereocenters. The highest BCUT2D eigenvalue weighted by molar-refractivity contribution is 4.84. The van der Waals surface area contributed by atoms with Crippen LogP contribution in [0.5, 0.6) is 0 Å². The maximum atomic E-state index is 5.61. The van der Waals surface area contributed by atoms with E-state index in [1.807, 2.05) is 0 Å². The second kappa shape index (κ2) is 3.75. The van der Waals surface area contributed by atoms with E-state index in [1.54, 1.807) is 7.11 Å². The first-order valence-corrected chi connectivity index (χ1v) is 4.70. The Hall–Kier alpha value is -0.0800. The summed E-state index contributed by atoms with van der Waals surface area (Å²) in [5, 5.41) is 0. The zero-order valence-corrected chi connectivity index (χ0v) is 8.59. The predicted molar refractivity (Wildman–Crippen MR) is 49.2 cm³/mol. The van der Waals surface area contributed by atoms with E-state index in [1.165, 1.54) is 6.42 Å². The molecule has 0 aromatic rings. The van der Waals surface area contributed by atoms with Crippen LogP contribution in [0.15, 0.2) is 0 Å². The number of ether oxygens (including phenoxy) is 2. The summed E-state index contributed by atoms with van der Waals surface area (Å²) in [5.41, 5.74) is 0.184. The maximum absolute atomic E-state index is 5.61. The summed E-state index contributed by atoms with van der Waals surface area (Å²) < 4.78 is 11.1. The molecule has 2 atom stereocenters. The summed E-state index contributed by atoms with van der Waals surface area (Å²) in [6, 6.07) is 0. The van der Waals surface area contributed by atoms with Gasteiger partial charge in [-0.05, 0) is 18.3 Å². The molecule has 2 nitrogen and oxygen atoms in total. The molecular formula is C10H20O2.